The summed E-state index contributed by atoms with van der Waals surface area (Å²) >= 11 is 0. The van der Waals surface area contributed by atoms with Crippen molar-refractivity contribution in [3.05, 3.63) is 35.4 Å². The van der Waals surface area contributed by atoms with E-state index in [1.807, 2.05) is 0 Å². The van der Waals surface area contributed by atoms with Crippen molar-refractivity contribution in [2.24, 2.45) is 17.6 Å². The van der Waals surface area contributed by atoms with Gasteiger partial charge in [-0.25, -0.2) is 0 Å². The fraction of sp³-hybridized carbons (Fsp3) is 0.647. The second kappa shape index (κ2) is 5.64. The number of ether oxygens (including phenoxy) is 1. The van der Waals surface area contributed by atoms with Crippen LogP contribution in [-0.4, -0.2) is 12.6 Å². The Kier molecular flexibility index (Phi) is 3.90. The Balaban J connectivity index is 1.79. The maximum absolute atomic E-state index is 6.58. The van der Waals surface area contributed by atoms with Gasteiger partial charge in [-0.2, -0.15) is 0 Å². The molecule has 19 heavy (non-hydrogen) atoms. The van der Waals surface area contributed by atoms with Crippen LogP contribution in [0.25, 0.3) is 0 Å². The second-order valence-corrected chi connectivity index (χ2v) is 6.35. The molecule has 3 rings (SSSR count). The SMILES string of the molecule is CC1CCCC(C(N)C2OCCc3ccccc32)C1. The van der Waals surface area contributed by atoms with Crippen molar-refractivity contribution < 1.29 is 4.74 Å². The van der Waals surface area contributed by atoms with E-state index < -0.39 is 0 Å². The highest BCUT2D eigenvalue weighted by atomic mass is 16.5. The highest BCUT2D eigenvalue weighted by molar-refractivity contribution is 5.32. The van der Waals surface area contributed by atoms with Gasteiger partial charge in [0.05, 0.1) is 12.7 Å². The summed E-state index contributed by atoms with van der Waals surface area (Å²) in [6, 6.07) is 8.81. The third kappa shape index (κ3) is 2.70. The van der Waals surface area contributed by atoms with Crippen LogP contribution in [0.4, 0.5) is 0 Å². The summed E-state index contributed by atoms with van der Waals surface area (Å²) in [4.78, 5) is 0. The maximum Gasteiger partial charge on any atom is 0.0981 e. The molecule has 1 aliphatic heterocycles. The van der Waals surface area contributed by atoms with Gasteiger partial charge in [0.25, 0.3) is 0 Å². The number of nitrogens with two attached hydrogens (primary N) is 1. The molecule has 1 saturated carbocycles. The number of hydrogen-bond acceptors (Lipinski definition) is 2. The van der Waals surface area contributed by atoms with E-state index in [0.717, 1.165) is 18.9 Å². The van der Waals surface area contributed by atoms with Gasteiger partial charge < -0.3 is 10.5 Å². The van der Waals surface area contributed by atoms with Gasteiger partial charge in [0.15, 0.2) is 0 Å². The first-order valence-corrected chi connectivity index (χ1v) is 7.70. The van der Waals surface area contributed by atoms with Crippen LogP contribution in [0.15, 0.2) is 24.3 Å². The summed E-state index contributed by atoms with van der Waals surface area (Å²) in [6.07, 6.45) is 6.37. The Morgan fingerprint density at radius 1 is 1.26 bits per heavy atom. The van der Waals surface area contributed by atoms with Crippen molar-refractivity contribution in [3.63, 3.8) is 0 Å². The number of fused-ring (bicyclic) bond motifs is 1. The van der Waals surface area contributed by atoms with Gasteiger partial charge in [0.2, 0.25) is 0 Å². The molecule has 2 heteroatoms. The summed E-state index contributed by atoms with van der Waals surface area (Å²) in [5.41, 5.74) is 9.34. The fourth-order valence-corrected chi connectivity index (χ4v) is 3.82. The number of rotatable bonds is 2. The average Bonchev–Trinajstić information content (AvgIpc) is 2.46. The predicted molar refractivity (Wildman–Crippen MR) is 77.9 cm³/mol. The summed E-state index contributed by atoms with van der Waals surface area (Å²) in [7, 11) is 0. The quantitative estimate of drug-likeness (QED) is 0.883. The van der Waals surface area contributed by atoms with E-state index in [0.29, 0.717) is 5.92 Å². The zero-order chi connectivity index (χ0) is 13.2. The van der Waals surface area contributed by atoms with E-state index in [1.165, 1.54) is 36.8 Å². The highest BCUT2D eigenvalue weighted by Crippen LogP contribution is 2.37. The van der Waals surface area contributed by atoms with Crippen LogP contribution in [0.5, 0.6) is 0 Å². The van der Waals surface area contributed by atoms with E-state index in [4.69, 9.17) is 10.5 Å². The van der Waals surface area contributed by atoms with Crippen molar-refractivity contribution in [2.45, 2.75) is 51.2 Å². The molecule has 104 valence electrons. The van der Waals surface area contributed by atoms with Gasteiger partial charge in [-0.3, -0.25) is 0 Å². The van der Waals surface area contributed by atoms with Crippen LogP contribution >= 0.6 is 0 Å². The standard InChI is InChI=1S/C17H25NO/c1-12-5-4-7-14(11-12)16(18)17-15-8-3-2-6-13(15)9-10-19-17/h2-3,6,8,12,14,16-17H,4-5,7,9-11,18H2,1H3. The largest absolute Gasteiger partial charge is 0.372 e. The minimum absolute atomic E-state index is 0.111. The molecule has 1 aromatic carbocycles. The lowest BCUT2D eigenvalue weighted by Crippen LogP contribution is -2.41. The maximum atomic E-state index is 6.58. The Bertz CT molecular complexity index is 431. The summed E-state index contributed by atoms with van der Waals surface area (Å²) in [5.74, 6) is 1.45. The Labute approximate surface area is 116 Å². The molecule has 2 aliphatic rings. The van der Waals surface area contributed by atoms with Crippen LogP contribution in [-0.2, 0) is 11.2 Å². The van der Waals surface area contributed by atoms with Gasteiger partial charge in [0, 0.05) is 6.04 Å². The molecule has 1 heterocycles. The molecule has 2 nitrogen and oxygen atoms in total. The third-order valence-corrected chi connectivity index (χ3v) is 4.90. The second-order valence-electron chi connectivity index (χ2n) is 6.35. The first kappa shape index (κ1) is 13.1. The van der Waals surface area contributed by atoms with Crippen molar-refractivity contribution in [1.29, 1.82) is 0 Å². The molecule has 1 fully saturated rings. The van der Waals surface area contributed by atoms with E-state index in [2.05, 4.69) is 31.2 Å². The molecule has 0 spiro atoms. The summed E-state index contributed by atoms with van der Waals surface area (Å²) < 4.78 is 6.03. The zero-order valence-electron chi connectivity index (χ0n) is 11.8. The molecule has 0 saturated heterocycles. The first-order valence-electron chi connectivity index (χ1n) is 7.70. The van der Waals surface area contributed by atoms with Crippen LogP contribution < -0.4 is 5.73 Å². The van der Waals surface area contributed by atoms with Crippen molar-refractivity contribution in [2.75, 3.05) is 6.61 Å². The normalized spacial score (nSPS) is 32.6. The lowest BCUT2D eigenvalue weighted by atomic mass is 9.75. The van der Waals surface area contributed by atoms with Gasteiger partial charge in [-0.1, -0.05) is 44.0 Å². The summed E-state index contributed by atoms with van der Waals surface area (Å²) in [5, 5.41) is 0. The summed E-state index contributed by atoms with van der Waals surface area (Å²) in [6.45, 7) is 3.17. The van der Waals surface area contributed by atoms with E-state index in [1.54, 1.807) is 0 Å². The smallest absolute Gasteiger partial charge is 0.0981 e. The molecular formula is C17H25NO. The van der Waals surface area contributed by atoms with Crippen LogP contribution in [0.1, 0.15) is 49.8 Å². The molecule has 0 radical (unpaired) electrons. The van der Waals surface area contributed by atoms with Crippen molar-refractivity contribution >= 4 is 0 Å². The fourth-order valence-electron chi connectivity index (χ4n) is 3.82. The van der Waals surface area contributed by atoms with Gasteiger partial charge in [-0.15, -0.1) is 0 Å². The van der Waals surface area contributed by atoms with Gasteiger partial charge in [0.1, 0.15) is 0 Å². The van der Waals surface area contributed by atoms with E-state index >= 15 is 0 Å². The molecular weight excluding hydrogens is 234 g/mol. The molecule has 2 N–H and O–H groups in total. The first-order chi connectivity index (χ1) is 9.25. The van der Waals surface area contributed by atoms with Crippen LogP contribution in [0.3, 0.4) is 0 Å². The van der Waals surface area contributed by atoms with Crippen LogP contribution in [0.2, 0.25) is 0 Å². The molecule has 1 aromatic rings. The Morgan fingerprint density at radius 3 is 2.95 bits per heavy atom. The monoisotopic (exact) mass is 259 g/mol. The topological polar surface area (TPSA) is 35.2 Å². The molecule has 4 unspecified atom stereocenters. The van der Waals surface area contributed by atoms with E-state index in [-0.39, 0.29) is 12.1 Å². The zero-order valence-corrected chi connectivity index (χ0v) is 11.8. The minimum atomic E-state index is 0.111. The Hall–Kier alpha value is -0.860. The lowest BCUT2D eigenvalue weighted by molar-refractivity contribution is 0.00315. The highest BCUT2D eigenvalue weighted by Gasteiger charge is 2.33. The number of benzene rings is 1. The molecule has 0 bridgehead atoms. The molecule has 4 atom stereocenters. The molecule has 0 amide bonds. The van der Waals surface area contributed by atoms with Crippen LogP contribution in [0, 0.1) is 11.8 Å². The van der Waals surface area contributed by atoms with Gasteiger partial charge in [-0.05, 0) is 42.2 Å². The number of hydrogen-bond donors (Lipinski definition) is 1. The lowest BCUT2D eigenvalue weighted by Gasteiger charge is -2.38. The van der Waals surface area contributed by atoms with E-state index in [9.17, 15) is 0 Å². The predicted octanol–water partition coefficient (Wildman–Crippen LogP) is 3.45. The Morgan fingerprint density at radius 2 is 2.11 bits per heavy atom. The molecule has 0 aromatic heterocycles. The average molecular weight is 259 g/mol. The third-order valence-electron chi connectivity index (χ3n) is 4.90. The van der Waals surface area contributed by atoms with Crippen molar-refractivity contribution in [3.8, 4) is 0 Å². The van der Waals surface area contributed by atoms with Gasteiger partial charge >= 0.3 is 0 Å². The van der Waals surface area contributed by atoms with Crippen molar-refractivity contribution in [1.82, 2.24) is 0 Å². The minimum Gasteiger partial charge on any atom is -0.372 e. The molecule has 1 aliphatic carbocycles.